The average Bonchev–Trinajstić information content (AvgIpc) is 1.63. The molecule has 2 aliphatic heterocycles. The number of aromatic nitrogens is 6. The molecule has 0 unspecified atom stereocenters. The lowest BCUT2D eigenvalue weighted by Crippen LogP contribution is -2.32. The number of halogens is 3. The highest BCUT2D eigenvalue weighted by atomic mass is 79.9. The van der Waals surface area contributed by atoms with Gasteiger partial charge in [0.1, 0.15) is 37.0 Å². The molecule has 4 amide bonds. The van der Waals surface area contributed by atoms with E-state index in [0.717, 1.165) is 87.2 Å². The van der Waals surface area contributed by atoms with Crippen molar-refractivity contribution in [3.8, 4) is 11.1 Å². The Morgan fingerprint density at radius 3 is 1.49 bits per heavy atom. The molecule has 4 aromatic heterocycles. The normalized spacial score (nSPS) is 13.2. The predicted molar refractivity (Wildman–Crippen MR) is 350 cm³/mol. The van der Waals surface area contributed by atoms with Crippen LogP contribution in [-0.4, -0.2) is 121 Å². The zero-order valence-electron chi connectivity index (χ0n) is 51.8. The summed E-state index contributed by atoms with van der Waals surface area (Å²) < 4.78 is 43.1. The first-order valence-corrected chi connectivity index (χ1v) is 31.5. The zero-order valence-corrected chi connectivity index (χ0v) is 53.4. The van der Waals surface area contributed by atoms with Gasteiger partial charge in [-0.2, -0.15) is 10.2 Å². The van der Waals surface area contributed by atoms with Crippen molar-refractivity contribution in [3.05, 3.63) is 158 Å². The SMILES string of the molecule is CCc1nc2c(cnn2CC)c(NC2CCOCC2)c1CNC(=O)CC(=O)NCc1ccc(F)c(-c2cccc(C=O)c2)c1.CCc1nc2c(cnn2CC)c(NC2CCOCC2)c1CNC(=O)CC(=O)NCc1ccc(F)c(Br)c1.O=Cc1cccc(B(O)O)c1. The van der Waals surface area contributed by atoms with E-state index in [1.54, 1.807) is 60.7 Å². The van der Waals surface area contributed by atoms with Crippen molar-refractivity contribution in [3.63, 3.8) is 0 Å². The Morgan fingerprint density at radius 2 is 1.04 bits per heavy atom. The summed E-state index contributed by atoms with van der Waals surface area (Å²) in [5.41, 5.74) is 10.5. The van der Waals surface area contributed by atoms with Gasteiger partial charge in [0.25, 0.3) is 0 Å². The summed E-state index contributed by atoms with van der Waals surface area (Å²) in [5, 5.41) is 46.8. The predicted octanol–water partition coefficient (Wildman–Crippen LogP) is 7.55. The third kappa shape index (κ3) is 18.7. The van der Waals surface area contributed by atoms with Gasteiger partial charge in [-0.3, -0.25) is 28.8 Å². The minimum absolute atomic E-state index is 0.119. The highest BCUT2D eigenvalue weighted by molar-refractivity contribution is 9.10. The molecule has 0 saturated carbocycles. The van der Waals surface area contributed by atoms with E-state index >= 15 is 0 Å². The molecule has 26 heteroatoms. The van der Waals surface area contributed by atoms with Gasteiger partial charge in [-0.25, -0.2) is 28.1 Å². The Balaban J connectivity index is 0.000000205. The summed E-state index contributed by atoms with van der Waals surface area (Å²) in [7, 11) is -1.50. The highest BCUT2D eigenvalue weighted by Crippen LogP contribution is 2.33. The molecule has 2 saturated heterocycles. The number of aryl methyl sites for hydroxylation is 4. The number of carbonyl (C=O) groups is 6. The second kappa shape index (κ2) is 34.0. The van der Waals surface area contributed by atoms with Crippen LogP contribution in [0.1, 0.15) is 121 Å². The van der Waals surface area contributed by atoms with Gasteiger partial charge in [0.2, 0.25) is 23.6 Å². The van der Waals surface area contributed by atoms with Crippen molar-refractivity contribution in [1.29, 1.82) is 0 Å². The Kier molecular flexibility index (Phi) is 25.5. The minimum atomic E-state index is -1.50. The Labute approximate surface area is 540 Å². The fourth-order valence-electron chi connectivity index (χ4n) is 10.6. The highest BCUT2D eigenvalue weighted by Gasteiger charge is 2.25. The summed E-state index contributed by atoms with van der Waals surface area (Å²) in [6, 6.07) is 22.3. The van der Waals surface area contributed by atoms with Crippen LogP contribution in [-0.2, 0) is 80.8 Å². The smallest absolute Gasteiger partial charge is 0.423 e. The molecule has 22 nitrogen and oxygen atoms in total. The van der Waals surface area contributed by atoms with Gasteiger partial charge in [-0.05, 0) is 121 Å². The van der Waals surface area contributed by atoms with E-state index in [9.17, 15) is 37.5 Å². The summed E-state index contributed by atoms with van der Waals surface area (Å²) >= 11 is 3.13. The lowest BCUT2D eigenvalue weighted by molar-refractivity contribution is -0.131. The van der Waals surface area contributed by atoms with E-state index in [-0.39, 0.29) is 62.8 Å². The van der Waals surface area contributed by atoms with Crippen LogP contribution < -0.4 is 37.4 Å². The number of nitrogens with zero attached hydrogens (tertiary/aromatic N) is 6. The molecule has 8 N–H and O–H groups in total. The molecule has 484 valence electrons. The van der Waals surface area contributed by atoms with Gasteiger partial charge >= 0.3 is 7.12 Å². The number of hydrogen-bond acceptors (Lipinski definition) is 16. The maximum Gasteiger partial charge on any atom is 0.488 e. The number of hydrogen-bond donors (Lipinski definition) is 8. The first kappa shape index (κ1) is 69.1. The average molecular weight is 1330 g/mol. The van der Waals surface area contributed by atoms with Gasteiger partial charge in [-0.1, -0.05) is 68.4 Å². The number of nitrogens with one attached hydrogen (secondary N) is 6. The van der Waals surface area contributed by atoms with E-state index in [2.05, 4.69) is 58.0 Å². The Morgan fingerprint density at radius 1 is 0.598 bits per heavy atom. The second-order valence-electron chi connectivity index (χ2n) is 21.9. The van der Waals surface area contributed by atoms with Gasteiger partial charge in [0, 0.05) is 117 Å². The molecule has 2 aliphatic rings. The molecule has 0 aliphatic carbocycles. The zero-order chi connectivity index (χ0) is 65.7. The largest absolute Gasteiger partial charge is 0.488 e. The van der Waals surface area contributed by atoms with Crippen LogP contribution in [0.5, 0.6) is 0 Å². The fraction of sp³-hybridized carbons (Fsp3) is 0.364. The van der Waals surface area contributed by atoms with Crippen molar-refractivity contribution in [2.45, 2.75) is 130 Å². The standard InChI is InChI=1S/C33H37FN6O4.C26H32BrFN6O3.C7H7BO3/c1-3-29-26(32(38-24-10-12-44-13-11-24)27-19-37-40(4-2)33(27)39-29)18-36-31(43)16-30(42)35-17-21-8-9-28(34)25(15-21)23-7-5-6-22(14-23)20-41;1-3-22-18(14-30-24(36)12-23(35)29-13-16-5-6-21(28)20(27)11-16)25(32-17-7-9-37-10-8-17)19-15-31-34(4-2)26(19)33-22;9-5-6-2-1-3-7(4-6)8(10)11/h5-9,14-15,19-20,24H,3-4,10-13,16-18H2,1-2H3,(H,35,42)(H,36,43)(H,38,39);5-6,11,15,17H,3-4,7-10,12-14H2,1-2H3,(H,29,35)(H,30,36)(H,32,33);1-5,10-11H. The molecule has 4 aromatic carbocycles. The van der Waals surface area contributed by atoms with Crippen LogP contribution in [0.15, 0.2) is 102 Å². The molecule has 8 aromatic rings. The van der Waals surface area contributed by atoms with Crippen molar-refractivity contribution >= 4 is 98.2 Å². The maximum atomic E-state index is 14.6. The van der Waals surface area contributed by atoms with E-state index in [1.165, 1.54) is 24.3 Å². The number of carbonyl (C=O) groups excluding carboxylic acids is 6. The molecule has 2 fully saturated rings. The summed E-state index contributed by atoms with van der Waals surface area (Å²) in [5.74, 6) is -2.48. The number of anilines is 2. The van der Waals surface area contributed by atoms with Gasteiger partial charge in [0.05, 0.1) is 39.0 Å². The number of aldehydes is 2. The van der Waals surface area contributed by atoms with Crippen LogP contribution in [0, 0.1) is 11.6 Å². The van der Waals surface area contributed by atoms with Crippen LogP contribution >= 0.6 is 15.9 Å². The third-order valence-corrected chi connectivity index (χ3v) is 16.2. The molecule has 0 bridgehead atoms. The quantitative estimate of drug-likeness (QED) is 0.0165. The number of ether oxygens (including phenoxy) is 2. The van der Waals surface area contributed by atoms with Gasteiger partial charge in [0.15, 0.2) is 11.3 Å². The van der Waals surface area contributed by atoms with Crippen molar-refractivity contribution in [2.24, 2.45) is 0 Å². The molecule has 0 radical (unpaired) electrons. The van der Waals surface area contributed by atoms with Crippen molar-refractivity contribution in [1.82, 2.24) is 50.8 Å². The van der Waals surface area contributed by atoms with E-state index < -0.39 is 30.7 Å². The topological polar surface area (TPSA) is 295 Å². The minimum Gasteiger partial charge on any atom is -0.423 e. The lowest BCUT2D eigenvalue weighted by atomic mass is 9.80. The van der Waals surface area contributed by atoms with E-state index in [0.29, 0.717) is 103 Å². The maximum absolute atomic E-state index is 14.6. The lowest BCUT2D eigenvalue weighted by Gasteiger charge is -2.26. The fourth-order valence-corrected chi connectivity index (χ4v) is 11.1. The molecular formula is C66H76BBrF2N12O10. The van der Waals surface area contributed by atoms with Crippen LogP contribution in [0.3, 0.4) is 0 Å². The second-order valence-corrected chi connectivity index (χ2v) is 22.8. The monoisotopic (exact) mass is 1320 g/mol. The molecule has 6 heterocycles. The van der Waals surface area contributed by atoms with Crippen LogP contribution in [0.25, 0.3) is 33.2 Å². The molecule has 0 spiro atoms. The molecule has 92 heavy (non-hydrogen) atoms. The van der Waals surface area contributed by atoms with Gasteiger partial charge < -0.3 is 51.4 Å². The third-order valence-electron chi connectivity index (χ3n) is 15.6. The Bertz CT molecular complexity index is 3890. The number of benzene rings is 4. The molecule has 10 rings (SSSR count). The summed E-state index contributed by atoms with van der Waals surface area (Å²) in [4.78, 5) is 81.7. The van der Waals surface area contributed by atoms with Crippen LogP contribution in [0.4, 0.5) is 20.2 Å². The summed E-state index contributed by atoms with van der Waals surface area (Å²) in [6.45, 7) is 13.1. The van der Waals surface area contributed by atoms with E-state index in [4.69, 9.17) is 29.5 Å². The number of fused-ring (bicyclic) bond motifs is 2. The van der Waals surface area contributed by atoms with Crippen LogP contribution in [0.2, 0.25) is 0 Å². The molecular weight excluding hydrogens is 1250 g/mol. The first-order chi connectivity index (χ1) is 44.5. The number of amides is 4. The van der Waals surface area contributed by atoms with Crippen molar-refractivity contribution in [2.75, 3.05) is 37.1 Å². The summed E-state index contributed by atoms with van der Waals surface area (Å²) in [6.07, 6.45) is 9.21. The van der Waals surface area contributed by atoms with Crippen molar-refractivity contribution < 1.29 is 57.1 Å². The number of rotatable bonds is 24. The number of pyridine rings is 2. The Hall–Kier alpha value is -8.82. The first-order valence-electron chi connectivity index (χ1n) is 30.7. The molecule has 0 atom stereocenters. The van der Waals surface area contributed by atoms with Gasteiger partial charge in [-0.15, -0.1) is 0 Å². The van der Waals surface area contributed by atoms with E-state index in [1.807, 2.05) is 49.5 Å².